The third-order valence-electron chi connectivity index (χ3n) is 4.19. The molecule has 0 aliphatic rings. The maximum atomic E-state index is 13.2. The van der Waals surface area contributed by atoms with Crippen LogP contribution in [0.5, 0.6) is 0 Å². The highest BCUT2D eigenvalue weighted by Crippen LogP contribution is 2.20. The molecule has 0 aliphatic carbocycles. The summed E-state index contributed by atoms with van der Waals surface area (Å²) in [4.78, 5) is 16.0. The van der Waals surface area contributed by atoms with Crippen LogP contribution in [0.25, 0.3) is 0 Å². The maximum Gasteiger partial charge on any atom is 0.254 e. The standard InChI is InChI=1S/C21H20FNOS/c1-16-12-14-25-20(16)15-23(13-11-17-5-3-2-4-6-17)21(24)18-7-9-19(22)10-8-18/h2-10,12,14H,11,13,15H2,1H3. The van der Waals surface area contributed by atoms with Crippen LogP contribution < -0.4 is 0 Å². The largest absolute Gasteiger partial charge is 0.333 e. The molecule has 0 fully saturated rings. The van der Waals surface area contributed by atoms with Crippen LogP contribution in [-0.2, 0) is 13.0 Å². The third-order valence-corrected chi connectivity index (χ3v) is 5.20. The van der Waals surface area contributed by atoms with E-state index in [1.165, 1.54) is 28.1 Å². The molecule has 1 heterocycles. The summed E-state index contributed by atoms with van der Waals surface area (Å²) in [6.45, 7) is 3.26. The van der Waals surface area contributed by atoms with Gasteiger partial charge in [0.25, 0.3) is 5.91 Å². The molecule has 0 bridgehead atoms. The number of rotatable bonds is 6. The Bertz CT molecular complexity index is 827. The molecule has 3 rings (SSSR count). The quantitative estimate of drug-likeness (QED) is 0.605. The van der Waals surface area contributed by atoms with Crippen molar-refractivity contribution in [1.82, 2.24) is 4.90 Å². The number of hydrogen-bond acceptors (Lipinski definition) is 2. The average Bonchev–Trinajstić information content (AvgIpc) is 3.04. The highest BCUT2D eigenvalue weighted by Gasteiger charge is 2.17. The van der Waals surface area contributed by atoms with Gasteiger partial charge in [-0.1, -0.05) is 30.3 Å². The summed E-state index contributed by atoms with van der Waals surface area (Å²) in [5.41, 5.74) is 2.91. The zero-order valence-electron chi connectivity index (χ0n) is 14.1. The lowest BCUT2D eigenvalue weighted by molar-refractivity contribution is 0.0746. The minimum absolute atomic E-state index is 0.0660. The zero-order chi connectivity index (χ0) is 17.6. The molecule has 0 radical (unpaired) electrons. The van der Waals surface area contributed by atoms with E-state index in [-0.39, 0.29) is 11.7 Å². The van der Waals surface area contributed by atoms with Gasteiger partial charge >= 0.3 is 0 Å². The Balaban J connectivity index is 1.79. The number of benzene rings is 2. The minimum atomic E-state index is -0.332. The molecule has 0 aliphatic heterocycles. The summed E-state index contributed by atoms with van der Waals surface area (Å²) in [6, 6.07) is 18.0. The fraction of sp³-hybridized carbons (Fsp3) is 0.190. The van der Waals surface area contributed by atoms with Crippen molar-refractivity contribution in [3.05, 3.63) is 93.4 Å². The van der Waals surface area contributed by atoms with E-state index in [4.69, 9.17) is 0 Å². The predicted octanol–water partition coefficient (Wildman–Crippen LogP) is 5.08. The monoisotopic (exact) mass is 353 g/mol. The van der Waals surface area contributed by atoms with Crippen LogP contribution in [0.1, 0.15) is 26.4 Å². The molecule has 0 spiro atoms. The van der Waals surface area contributed by atoms with Crippen LogP contribution >= 0.6 is 11.3 Å². The van der Waals surface area contributed by atoms with E-state index in [0.717, 1.165) is 6.42 Å². The van der Waals surface area contributed by atoms with Crippen LogP contribution in [0.3, 0.4) is 0 Å². The van der Waals surface area contributed by atoms with Crippen LogP contribution in [0.15, 0.2) is 66.0 Å². The molecule has 4 heteroatoms. The van der Waals surface area contributed by atoms with Gasteiger partial charge in [-0.3, -0.25) is 4.79 Å². The number of hydrogen-bond donors (Lipinski definition) is 0. The molecule has 0 atom stereocenters. The van der Waals surface area contributed by atoms with Crippen molar-refractivity contribution in [2.24, 2.45) is 0 Å². The minimum Gasteiger partial charge on any atom is -0.333 e. The Morgan fingerprint density at radius 2 is 1.76 bits per heavy atom. The van der Waals surface area contributed by atoms with Gasteiger partial charge in [0, 0.05) is 17.0 Å². The number of aryl methyl sites for hydroxylation is 1. The summed E-state index contributed by atoms with van der Waals surface area (Å²) in [7, 11) is 0. The Labute approximate surface area is 151 Å². The van der Waals surface area contributed by atoms with Gasteiger partial charge in [0.15, 0.2) is 0 Å². The van der Waals surface area contributed by atoms with E-state index in [2.05, 4.69) is 25.1 Å². The molecule has 128 valence electrons. The molecule has 1 amide bonds. The molecule has 0 N–H and O–H groups in total. The van der Waals surface area contributed by atoms with E-state index in [1.54, 1.807) is 23.5 Å². The lowest BCUT2D eigenvalue weighted by Gasteiger charge is -2.23. The molecule has 0 saturated heterocycles. The number of halogens is 1. The van der Waals surface area contributed by atoms with Crippen molar-refractivity contribution in [1.29, 1.82) is 0 Å². The Morgan fingerprint density at radius 1 is 1.04 bits per heavy atom. The van der Waals surface area contributed by atoms with Crippen LogP contribution in [0, 0.1) is 12.7 Å². The van der Waals surface area contributed by atoms with Crippen LogP contribution in [0.2, 0.25) is 0 Å². The van der Waals surface area contributed by atoms with Gasteiger partial charge in [-0.2, -0.15) is 0 Å². The van der Waals surface area contributed by atoms with Crippen molar-refractivity contribution >= 4 is 17.2 Å². The zero-order valence-corrected chi connectivity index (χ0v) is 14.9. The maximum absolute atomic E-state index is 13.2. The number of amides is 1. The summed E-state index contributed by atoms with van der Waals surface area (Å²) in [5, 5.41) is 2.04. The SMILES string of the molecule is Cc1ccsc1CN(CCc1ccccc1)C(=O)c1ccc(F)cc1. The van der Waals surface area contributed by atoms with E-state index < -0.39 is 0 Å². The second-order valence-electron chi connectivity index (χ2n) is 6.00. The fourth-order valence-electron chi connectivity index (χ4n) is 2.68. The van der Waals surface area contributed by atoms with E-state index >= 15 is 0 Å². The summed E-state index contributed by atoms with van der Waals surface area (Å²) < 4.78 is 13.2. The number of nitrogens with zero attached hydrogens (tertiary/aromatic N) is 1. The highest BCUT2D eigenvalue weighted by atomic mass is 32.1. The second-order valence-corrected chi connectivity index (χ2v) is 7.00. The Morgan fingerprint density at radius 3 is 2.40 bits per heavy atom. The first-order chi connectivity index (χ1) is 12.1. The molecule has 2 nitrogen and oxygen atoms in total. The summed E-state index contributed by atoms with van der Waals surface area (Å²) in [6.07, 6.45) is 0.790. The molecule has 0 saturated carbocycles. The van der Waals surface area contributed by atoms with E-state index in [1.807, 2.05) is 28.5 Å². The lowest BCUT2D eigenvalue weighted by Crippen LogP contribution is -2.32. The average molecular weight is 353 g/mol. The normalized spacial score (nSPS) is 10.6. The van der Waals surface area contributed by atoms with E-state index in [0.29, 0.717) is 18.7 Å². The molecule has 2 aromatic carbocycles. The first-order valence-electron chi connectivity index (χ1n) is 8.25. The number of carbonyl (C=O) groups excluding carboxylic acids is 1. The van der Waals surface area contributed by atoms with Gasteiger partial charge in [0.1, 0.15) is 5.82 Å². The summed E-state index contributed by atoms with van der Waals surface area (Å²) in [5.74, 6) is -0.398. The van der Waals surface area contributed by atoms with Gasteiger partial charge in [-0.05, 0) is 60.2 Å². The third kappa shape index (κ3) is 4.54. The van der Waals surface area contributed by atoms with Gasteiger partial charge in [0.2, 0.25) is 0 Å². The topological polar surface area (TPSA) is 20.3 Å². The fourth-order valence-corrected chi connectivity index (χ4v) is 3.60. The molecule has 3 aromatic rings. The van der Waals surface area contributed by atoms with Gasteiger partial charge < -0.3 is 4.90 Å². The summed E-state index contributed by atoms with van der Waals surface area (Å²) >= 11 is 1.66. The molecular weight excluding hydrogens is 333 g/mol. The number of carbonyl (C=O) groups is 1. The molecule has 25 heavy (non-hydrogen) atoms. The van der Waals surface area contributed by atoms with Crippen molar-refractivity contribution in [2.75, 3.05) is 6.54 Å². The first-order valence-corrected chi connectivity index (χ1v) is 9.13. The molecule has 0 unspecified atom stereocenters. The predicted molar refractivity (Wildman–Crippen MR) is 100 cm³/mol. The van der Waals surface area contributed by atoms with Crippen molar-refractivity contribution < 1.29 is 9.18 Å². The first kappa shape index (κ1) is 17.4. The lowest BCUT2D eigenvalue weighted by atomic mass is 10.1. The second kappa shape index (κ2) is 8.08. The van der Waals surface area contributed by atoms with E-state index in [9.17, 15) is 9.18 Å². The molecule has 1 aromatic heterocycles. The van der Waals surface area contributed by atoms with Gasteiger partial charge in [-0.15, -0.1) is 11.3 Å². The Kier molecular flexibility index (Phi) is 5.61. The van der Waals surface area contributed by atoms with Crippen LogP contribution in [-0.4, -0.2) is 17.4 Å². The van der Waals surface area contributed by atoms with Gasteiger partial charge in [-0.25, -0.2) is 4.39 Å². The van der Waals surface area contributed by atoms with Gasteiger partial charge in [0.05, 0.1) is 6.54 Å². The molecular formula is C21H20FNOS. The van der Waals surface area contributed by atoms with Crippen molar-refractivity contribution in [3.8, 4) is 0 Å². The smallest absolute Gasteiger partial charge is 0.254 e. The number of thiophene rings is 1. The Hall–Kier alpha value is -2.46. The highest BCUT2D eigenvalue weighted by molar-refractivity contribution is 7.10. The van der Waals surface area contributed by atoms with Crippen LogP contribution in [0.4, 0.5) is 4.39 Å². The van der Waals surface area contributed by atoms with Crippen molar-refractivity contribution in [3.63, 3.8) is 0 Å². The van der Waals surface area contributed by atoms with Crippen molar-refractivity contribution in [2.45, 2.75) is 19.9 Å².